The van der Waals surface area contributed by atoms with E-state index in [1.54, 1.807) is 5.57 Å². The normalized spacial score (nSPS) is 22.5. The largest absolute Gasteiger partial charge is 0.369 e. The van der Waals surface area contributed by atoms with E-state index in [2.05, 4.69) is 30.9 Å². The van der Waals surface area contributed by atoms with Crippen LogP contribution in [0.4, 0.5) is 0 Å². The molecule has 0 atom stereocenters. The molecule has 1 heterocycles. The van der Waals surface area contributed by atoms with Gasteiger partial charge in [0.2, 0.25) is 0 Å². The Morgan fingerprint density at radius 1 is 1.23 bits per heavy atom. The minimum Gasteiger partial charge on any atom is -0.369 e. The molecule has 1 saturated heterocycles. The lowest BCUT2D eigenvalue weighted by Gasteiger charge is -2.38. The minimum absolute atomic E-state index is 0.660. The summed E-state index contributed by atoms with van der Waals surface area (Å²) in [5.41, 5.74) is 3.14. The standard InChI is InChI=1S/C12H19N/c1-10(2)13-9-5-7-11-6-3-4-8-12(11)13/h6,8,10H,3-5,7,9H2,1-2H3. The van der Waals surface area contributed by atoms with Crippen LogP contribution in [-0.4, -0.2) is 17.5 Å². The predicted molar refractivity (Wildman–Crippen MR) is 56.5 cm³/mol. The zero-order valence-electron chi connectivity index (χ0n) is 8.71. The van der Waals surface area contributed by atoms with E-state index in [0.717, 1.165) is 0 Å². The van der Waals surface area contributed by atoms with Crippen LogP contribution in [0.3, 0.4) is 0 Å². The zero-order valence-corrected chi connectivity index (χ0v) is 8.71. The summed E-state index contributed by atoms with van der Waals surface area (Å²) in [6.45, 7) is 5.83. The van der Waals surface area contributed by atoms with Gasteiger partial charge in [0.15, 0.2) is 0 Å². The van der Waals surface area contributed by atoms with Crippen LogP contribution in [0.1, 0.15) is 39.5 Å². The number of allylic oxidation sites excluding steroid dienone is 3. The average molecular weight is 177 g/mol. The summed E-state index contributed by atoms with van der Waals surface area (Å²) in [6, 6.07) is 0.660. The molecule has 0 N–H and O–H groups in total. The Labute approximate surface area is 81.1 Å². The number of piperidine rings is 1. The van der Waals surface area contributed by atoms with Crippen molar-refractivity contribution in [3.63, 3.8) is 0 Å². The highest BCUT2D eigenvalue weighted by molar-refractivity contribution is 5.34. The number of fused-ring (bicyclic) bond motifs is 1. The second kappa shape index (κ2) is 3.57. The molecule has 0 amide bonds. The van der Waals surface area contributed by atoms with Gasteiger partial charge in [-0.15, -0.1) is 0 Å². The Morgan fingerprint density at radius 3 is 2.77 bits per heavy atom. The van der Waals surface area contributed by atoms with E-state index >= 15 is 0 Å². The molecule has 1 nitrogen and oxygen atoms in total. The van der Waals surface area contributed by atoms with E-state index in [-0.39, 0.29) is 0 Å². The third-order valence-electron chi connectivity index (χ3n) is 3.00. The number of hydrogen-bond donors (Lipinski definition) is 0. The molecule has 0 unspecified atom stereocenters. The summed E-state index contributed by atoms with van der Waals surface area (Å²) in [4.78, 5) is 2.55. The summed E-state index contributed by atoms with van der Waals surface area (Å²) >= 11 is 0. The van der Waals surface area contributed by atoms with E-state index in [4.69, 9.17) is 0 Å². The van der Waals surface area contributed by atoms with Crippen LogP contribution < -0.4 is 0 Å². The lowest BCUT2D eigenvalue weighted by atomic mass is 9.93. The molecule has 13 heavy (non-hydrogen) atoms. The molecule has 0 radical (unpaired) electrons. The molecule has 0 aromatic heterocycles. The highest BCUT2D eigenvalue weighted by Crippen LogP contribution is 2.31. The van der Waals surface area contributed by atoms with Crippen molar-refractivity contribution in [3.8, 4) is 0 Å². The maximum atomic E-state index is 2.55. The number of rotatable bonds is 1. The van der Waals surface area contributed by atoms with Crippen molar-refractivity contribution in [1.82, 2.24) is 4.90 Å². The average Bonchev–Trinajstić information content (AvgIpc) is 2.17. The molecule has 2 aliphatic rings. The van der Waals surface area contributed by atoms with Gasteiger partial charge in [0.1, 0.15) is 0 Å². The predicted octanol–water partition coefficient (Wildman–Crippen LogP) is 3.09. The highest BCUT2D eigenvalue weighted by atomic mass is 15.2. The van der Waals surface area contributed by atoms with Gasteiger partial charge in [-0.1, -0.05) is 12.2 Å². The van der Waals surface area contributed by atoms with Crippen molar-refractivity contribution < 1.29 is 0 Å². The molecule has 0 aromatic carbocycles. The van der Waals surface area contributed by atoms with Crippen molar-refractivity contribution in [2.24, 2.45) is 0 Å². The van der Waals surface area contributed by atoms with Gasteiger partial charge in [-0.3, -0.25) is 0 Å². The fourth-order valence-electron chi connectivity index (χ4n) is 2.34. The molecule has 2 rings (SSSR count). The molecule has 1 aliphatic heterocycles. The Kier molecular flexibility index (Phi) is 2.43. The lowest BCUT2D eigenvalue weighted by Crippen LogP contribution is -2.35. The summed E-state index contributed by atoms with van der Waals surface area (Å²) in [5, 5.41) is 0. The van der Waals surface area contributed by atoms with Crippen molar-refractivity contribution >= 4 is 0 Å². The van der Waals surface area contributed by atoms with Gasteiger partial charge < -0.3 is 4.90 Å². The van der Waals surface area contributed by atoms with Crippen LogP contribution in [0.25, 0.3) is 0 Å². The Balaban J connectivity index is 2.21. The third-order valence-corrected chi connectivity index (χ3v) is 3.00. The monoisotopic (exact) mass is 177 g/mol. The van der Waals surface area contributed by atoms with E-state index < -0.39 is 0 Å². The number of hydrogen-bond acceptors (Lipinski definition) is 1. The molecule has 1 aliphatic carbocycles. The van der Waals surface area contributed by atoms with Gasteiger partial charge in [-0.2, -0.15) is 0 Å². The van der Waals surface area contributed by atoms with E-state index in [0.29, 0.717) is 6.04 Å². The van der Waals surface area contributed by atoms with Gasteiger partial charge >= 0.3 is 0 Å². The first kappa shape index (κ1) is 8.86. The molecule has 72 valence electrons. The first-order chi connectivity index (χ1) is 6.29. The Hall–Kier alpha value is -0.720. The number of nitrogens with zero attached hydrogens (tertiary/aromatic N) is 1. The Bertz CT molecular complexity index is 248. The van der Waals surface area contributed by atoms with E-state index in [1.165, 1.54) is 37.9 Å². The summed E-state index contributed by atoms with van der Waals surface area (Å²) in [5.74, 6) is 0. The second-order valence-corrected chi connectivity index (χ2v) is 4.29. The molecule has 0 spiro atoms. The zero-order chi connectivity index (χ0) is 9.26. The van der Waals surface area contributed by atoms with Crippen LogP contribution in [0.2, 0.25) is 0 Å². The molecule has 1 heteroatoms. The lowest BCUT2D eigenvalue weighted by molar-refractivity contribution is 0.263. The molecule has 1 fully saturated rings. The smallest absolute Gasteiger partial charge is 0.0357 e. The molecular weight excluding hydrogens is 158 g/mol. The molecular formula is C12H19N. The first-order valence-corrected chi connectivity index (χ1v) is 5.45. The maximum Gasteiger partial charge on any atom is 0.0357 e. The van der Waals surface area contributed by atoms with Crippen molar-refractivity contribution in [1.29, 1.82) is 0 Å². The van der Waals surface area contributed by atoms with Crippen molar-refractivity contribution in [3.05, 3.63) is 23.4 Å². The maximum absolute atomic E-state index is 2.55. The first-order valence-electron chi connectivity index (χ1n) is 5.45. The molecule has 0 bridgehead atoms. The van der Waals surface area contributed by atoms with Gasteiger partial charge in [0, 0.05) is 18.3 Å². The van der Waals surface area contributed by atoms with E-state index in [1.807, 2.05) is 0 Å². The summed E-state index contributed by atoms with van der Waals surface area (Å²) in [7, 11) is 0. The van der Waals surface area contributed by atoms with Crippen molar-refractivity contribution in [2.45, 2.75) is 45.6 Å². The fourth-order valence-corrected chi connectivity index (χ4v) is 2.34. The summed E-state index contributed by atoms with van der Waals surface area (Å²) in [6.07, 6.45) is 9.99. The van der Waals surface area contributed by atoms with Gasteiger partial charge in [0.25, 0.3) is 0 Å². The van der Waals surface area contributed by atoms with Crippen LogP contribution in [-0.2, 0) is 0 Å². The fraction of sp³-hybridized carbons (Fsp3) is 0.667. The third kappa shape index (κ3) is 1.65. The highest BCUT2D eigenvalue weighted by Gasteiger charge is 2.22. The van der Waals surface area contributed by atoms with E-state index in [9.17, 15) is 0 Å². The molecule has 0 saturated carbocycles. The van der Waals surface area contributed by atoms with Crippen molar-refractivity contribution in [2.75, 3.05) is 6.54 Å². The molecule has 0 aromatic rings. The topological polar surface area (TPSA) is 3.24 Å². The Morgan fingerprint density at radius 2 is 2.00 bits per heavy atom. The summed E-state index contributed by atoms with van der Waals surface area (Å²) < 4.78 is 0. The van der Waals surface area contributed by atoms with Crippen LogP contribution >= 0.6 is 0 Å². The SMILES string of the molecule is CC(C)N1CCCC2=CCCC=C21. The minimum atomic E-state index is 0.660. The van der Waals surface area contributed by atoms with Crippen LogP contribution in [0.5, 0.6) is 0 Å². The van der Waals surface area contributed by atoms with Gasteiger partial charge in [0.05, 0.1) is 0 Å². The quantitative estimate of drug-likeness (QED) is 0.595. The van der Waals surface area contributed by atoms with Crippen LogP contribution in [0, 0.1) is 0 Å². The second-order valence-electron chi connectivity index (χ2n) is 4.29. The van der Waals surface area contributed by atoms with Gasteiger partial charge in [-0.25, -0.2) is 0 Å². The van der Waals surface area contributed by atoms with Gasteiger partial charge in [-0.05, 0) is 45.1 Å². The number of likely N-dealkylation sites (tertiary alicyclic amines) is 1. The van der Waals surface area contributed by atoms with Crippen LogP contribution in [0.15, 0.2) is 23.4 Å².